The van der Waals surface area contributed by atoms with Gasteiger partial charge in [0.05, 0.1) is 0 Å². The summed E-state index contributed by atoms with van der Waals surface area (Å²) in [6.45, 7) is 9.55. The summed E-state index contributed by atoms with van der Waals surface area (Å²) in [7, 11) is 0. The lowest BCUT2D eigenvalue weighted by Gasteiger charge is -2.33. The van der Waals surface area contributed by atoms with Crippen molar-refractivity contribution in [3.63, 3.8) is 0 Å². The van der Waals surface area contributed by atoms with E-state index in [9.17, 15) is 4.39 Å². The maximum absolute atomic E-state index is 13.9. The average Bonchev–Trinajstić information content (AvgIpc) is 2.37. The summed E-state index contributed by atoms with van der Waals surface area (Å²) in [6, 6.07) is 5.44. The highest BCUT2D eigenvalue weighted by atomic mass is 35.5. The maximum Gasteiger partial charge on any atom is 0.127 e. The van der Waals surface area contributed by atoms with Gasteiger partial charge in [-0.1, -0.05) is 45.4 Å². The van der Waals surface area contributed by atoms with Crippen molar-refractivity contribution in [1.29, 1.82) is 0 Å². The third-order valence-electron chi connectivity index (χ3n) is 3.97. The minimum atomic E-state index is -0.191. The molecule has 0 heterocycles. The lowest BCUT2D eigenvalue weighted by atomic mass is 9.76. The third-order valence-corrected chi connectivity index (χ3v) is 4.20. The van der Waals surface area contributed by atoms with Gasteiger partial charge in [0, 0.05) is 17.6 Å². The average molecular weight is 286 g/mol. The van der Waals surface area contributed by atoms with E-state index in [-0.39, 0.29) is 11.2 Å². The van der Waals surface area contributed by atoms with E-state index < -0.39 is 0 Å². The van der Waals surface area contributed by atoms with Gasteiger partial charge < -0.3 is 5.32 Å². The first kappa shape index (κ1) is 16.5. The highest BCUT2D eigenvalue weighted by Gasteiger charge is 2.27. The molecule has 1 aromatic rings. The summed E-state index contributed by atoms with van der Waals surface area (Å²) in [4.78, 5) is 0. The highest BCUT2D eigenvalue weighted by molar-refractivity contribution is 6.30. The minimum Gasteiger partial charge on any atom is -0.314 e. The van der Waals surface area contributed by atoms with E-state index in [1.165, 1.54) is 6.07 Å². The van der Waals surface area contributed by atoms with Crippen LogP contribution in [0.4, 0.5) is 4.39 Å². The molecule has 0 atom stereocenters. The van der Waals surface area contributed by atoms with Crippen LogP contribution in [0.25, 0.3) is 0 Å². The van der Waals surface area contributed by atoms with Crippen molar-refractivity contribution < 1.29 is 4.39 Å². The fourth-order valence-electron chi connectivity index (χ4n) is 2.30. The van der Waals surface area contributed by atoms with E-state index in [0.717, 1.165) is 31.4 Å². The van der Waals surface area contributed by atoms with Crippen LogP contribution in [0.2, 0.25) is 5.02 Å². The Balaban J connectivity index is 2.87. The molecule has 0 bridgehead atoms. The van der Waals surface area contributed by atoms with Crippen molar-refractivity contribution in [2.75, 3.05) is 6.54 Å². The molecule has 0 unspecified atom stereocenters. The summed E-state index contributed by atoms with van der Waals surface area (Å²) in [5.41, 5.74) is 0.873. The van der Waals surface area contributed by atoms with Crippen LogP contribution in [-0.4, -0.2) is 12.6 Å². The predicted octanol–water partition coefficient (Wildman–Crippen LogP) is 4.83. The number of halogens is 2. The molecular weight excluding hydrogens is 261 g/mol. The lowest BCUT2D eigenvalue weighted by Crippen LogP contribution is -2.38. The second-order valence-corrected chi connectivity index (χ2v) is 6.09. The van der Waals surface area contributed by atoms with Gasteiger partial charge in [-0.2, -0.15) is 0 Å². The zero-order chi connectivity index (χ0) is 14.5. The number of hydrogen-bond donors (Lipinski definition) is 1. The Kier molecular flexibility index (Phi) is 6.28. The van der Waals surface area contributed by atoms with Gasteiger partial charge in [-0.3, -0.25) is 0 Å². The Bertz CT molecular complexity index is 400. The van der Waals surface area contributed by atoms with Crippen LogP contribution < -0.4 is 5.32 Å². The highest BCUT2D eigenvalue weighted by Crippen LogP contribution is 2.32. The Morgan fingerprint density at radius 2 is 1.89 bits per heavy atom. The van der Waals surface area contributed by atoms with Gasteiger partial charge >= 0.3 is 0 Å². The minimum absolute atomic E-state index is 0.110. The van der Waals surface area contributed by atoms with Crippen molar-refractivity contribution in [2.24, 2.45) is 5.41 Å². The van der Waals surface area contributed by atoms with Gasteiger partial charge in [-0.15, -0.1) is 0 Å². The molecule has 0 saturated heterocycles. The van der Waals surface area contributed by atoms with Crippen LogP contribution in [0.5, 0.6) is 0 Å². The first-order chi connectivity index (χ1) is 8.92. The van der Waals surface area contributed by atoms with Crippen LogP contribution in [0.15, 0.2) is 18.2 Å². The lowest BCUT2D eigenvalue weighted by molar-refractivity contribution is 0.237. The van der Waals surface area contributed by atoms with E-state index in [0.29, 0.717) is 11.1 Å². The molecule has 0 spiro atoms. The smallest absolute Gasteiger partial charge is 0.127 e. The Morgan fingerprint density at radius 3 is 2.37 bits per heavy atom. The van der Waals surface area contributed by atoms with Gasteiger partial charge in [0.15, 0.2) is 0 Å². The molecule has 0 saturated carbocycles. The molecule has 19 heavy (non-hydrogen) atoms. The number of nitrogens with one attached hydrogen (secondary N) is 1. The predicted molar refractivity (Wildman–Crippen MR) is 81.3 cm³/mol. The summed E-state index contributed by atoms with van der Waals surface area (Å²) < 4.78 is 13.9. The zero-order valence-corrected chi connectivity index (χ0v) is 13.1. The van der Waals surface area contributed by atoms with Crippen molar-refractivity contribution in [3.05, 3.63) is 34.6 Å². The molecule has 1 N–H and O–H groups in total. The number of hydrogen-bond acceptors (Lipinski definition) is 1. The van der Waals surface area contributed by atoms with Gasteiger partial charge in [0.1, 0.15) is 5.82 Å². The van der Waals surface area contributed by atoms with Crippen LogP contribution in [-0.2, 0) is 6.42 Å². The summed E-state index contributed by atoms with van der Waals surface area (Å²) in [5.74, 6) is -0.191. The van der Waals surface area contributed by atoms with Crippen LogP contribution in [0.3, 0.4) is 0 Å². The van der Waals surface area contributed by atoms with Crippen molar-refractivity contribution >= 4 is 11.6 Å². The van der Waals surface area contributed by atoms with E-state index in [1.54, 1.807) is 6.07 Å². The van der Waals surface area contributed by atoms with Crippen molar-refractivity contribution in [2.45, 2.75) is 53.0 Å². The van der Waals surface area contributed by atoms with E-state index in [1.807, 2.05) is 6.07 Å². The molecule has 1 nitrogen and oxygen atoms in total. The van der Waals surface area contributed by atoms with Crippen LogP contribution in [0, 0.1) is 11.2 Å². The molecule has 1 aromatic carbocycles. The third kappa shape index (κ3) is 4.77. The van der Waals surface area contributed by atoms with Gasteiger partial charge in [0.25, 0.3) is 0 Å². The first-order valence-electron chi connectivity index (χ1n) is 7.09. The summed E-state index contributed by atoms with van der Waals surface area (Å²) >= 11 is 5.81. The number of benzene rings is 1. The molecule has 0 aliphatic rings. The molecule has 108 valence electrons. The SMILES string of the molecule is CCC(CC)(CNC(C)C)Cc1ccc(Cl)cc1F. The fraction of sp³-hybridized carbons (Fsp3) is 0.625. The molecular formula is C16H25ClFN. The second kappa shape index (κ2) is 7.25. The van der Waals surface area contributed by atoms with E-state index in [4.69, 9.17) is 11.6 Å². The topological polar surface area (TPSA) is 12.0 Å². The first-order valence-corrected chi connectivity index (χ1v) is 7.47. The monoisotopic (exact) mass is 285 g/mol. The fourth-order valence-corrected chi connectivity index (χ4v) is 2.46. The van der Waals surface area contributed by atoms with Gasteiger partial charge in [-0.25, -0.2) is 4.39 Å². The quantitative estimate of drug-likeness (QED) is 0.757. The van der Waals surface area contributed by atoms with E-state index >= 15 is 0 Å². The molecule has 0 radical (unpaired) electrons. The number of rotatable bonds is 7. The second-order valence-electron chi connectivity index (χ2n) is 5.66. The molecule has 0 aliphatic heterocycles. The van der Waals surface area contributed by atoms with Crippen LogP contribution in [0.1, 0.15) is 46.1 Å². The standard InChI is InChI=1S/C16H25ClFN/c1-5-16(6-2,11-19-12(3)4)10-13-7-8-14(17)9-15(13)18/h7-9,12,19H,5-6,10-11H2,1-4H3. The Morgan fingerprint density at radius 1 is 1.26 bits per heavy atom. The molecule has 0 amide bonds. The largest absolute Gasteiger partial charge is 0.314 e. The Hall–Kier alpha value is -0.600. The Labute approximate surface area is 121 Å². The van der Waals surface area contributed by atoms with Crippen molar-refractivity contribution in [1.82, 2.24) is 5.32 Å². The van der Waals surface area contributed by atoms with Crippen molar-refractivity contribution in [3.8, 4) is 0 Å². The molecule has 0 aliphatic carbocycles. The zero-order valence-electron chi connectivity index (χ0n) is 12.4. The summed E-state index contributed by atoms with van der Waals surface area (Å²) in [6.07, 6.45) is 2.82. The maximum atomic E-state index is 13.9. The van der Waals surface area contributed by atoms with Gasteiger partial charge in [-0.05, 0) is 42.4 Å². The van der Waals surface area contributed by atoms with Gasteiger partial charge in [0.2, 0.25) is 0 Å². The van der Waals surface area contributed by atoms with Crippen LogP contribution >= 0.6 is 11.6 Å². The molecule has 3 heteroatoms. The normalized spacial score (nSPS) is 12.2. The molecule has 1 rings (SSSR count). The molecule has 0 fully saturated rings. The molecule has 0 aromatic heterocycles. The summed E-state index contributed by atoms with van der Waals surface area (Å²) in [5, 5.41) is 3.95. The van der Waals surface area contributed by atoms with E-state index in [2.05, 4.69) is 33.0 Å².